The van der Waals surface area contributed by atoms with Crippen molar-refractivity contribution in [3.8, 4) is 5.75 Å². The van der Waals surface area contributed by atoms with Crippen LogP contribution in [0.5, 0.6) is 5.75 Å². The molecule has 3 rings (SSSR count). The van der Waals surface area contributed by atoms with E-state index in [-0.39, 0.29) is 10.8 Å². The van der Waals surface area contributed by atoms with Gasteiger partial charge in [0.15, 0.2) is 11.6 Å². The number of benzene rings is 1. The Hall–Kier alpha value is -2.04. The summed E-state index contributed by atoms with van der Waals surface area (Å²) in [5.41, 5.74) is 8.54. The van der Waals surface area contributed by atoms with E-state index in [1.165, 1.54) is 37.8 Å². The van der Waals surface area contributed by atoms with Gasteiger partial charge in [0.25, 0.3) is 0 Å². The molecule has 2 N–H and O–H groups in total. The molecule has 3 nitrogen and oxygen atoms in total. The lowest BCUT2D eigenvalue weighted by Gasteiger charge is -2.20. The van der Waals surface area contributed by atoms with Crippen molar-refractivity contribution < 1.29 is 9.13 Å². The molecule has 32 heavy (non-hydrogen) atoms. The standard InChI is InChI=1S/C26H31Cl2FN2O/c1-16(2)9-10-18-7-5-4-6-8-19(13-18)20-14-23(26(30)31-15-20)32-17(3)24-21(27)11-12-22(29)25(24)28/h6,8,11-18H,4-5,7,9-10H2,1-3H3,(H2,30,31)/b8-6-,19-13+. The van der Waals surface area contributed by atoms with Crippen LogP contribution in [0.1, 0.15) is 70.1 Å². The molecule has 0 saturated carbocycles. The Labute approximate surface area is 200 Å². The van der Waals surface area contributed by atoms with Crippen molar-refractivity contribution in [2.45, 2.75) is 59.0 Å². The number of pyridine rings is 1. The molecule has 0 aliphatic heterocycles. The number of anilines is 1. The van der Waals surface area contributed by atoms with E-state index in [1.807, 2.05) is 6.07 Å². The minimum atomic E-state index is -0.606. The number of nitrogen functional groups attached to an aromatic ring is 1. The van der Waals surface area contributed by atoms with Gasteiger partial charge in [0.2, 0.25) is 0 Å². The normalized spacial score (nSPS) is 20.2. The van der Waals surface area contributed by atoms with Crippen LogP contribution in [0.3, 0.4) is 0 Å². The van der Waals surface area contributed by atoms with E-state index in [9.17, 15) is 4.39 Å². The summed E-state index contributed by atoms with van der Waals surface area (Å²) in [5, 5.41) is 0.288. The quantitative estimate of drug-likeness (QED) is 0.407. The van der Waals surface area contributed by atoms with Crippen LogP contribution in [0.15, 0.2) is 42.6 Å². The zero-order valence-corrected chi connectivity index (χ0v) is 20.4. The van der Waals surface area contributed by atoms with Crippen LogP contribution in [-0.4, -0.2) is 4.98 Å². The number of nitrogens with zero attached hydrogens (tertiary/aromatic N) is 1. The molecule has 0 spiro atoms. The summed E-state index contributed by atoms with van der Waals surface area (Å²) in [6.07, 6.45) is 13.7. The summed E-state index contributed by atoms with van der Waals surface area (Å²) in [4.78, 5) is 4.35. The Morgan fingerprint density at radius 1 is 1.25 bits per heavy atom. The van der Waals surface area contributed by atoms with Crippen LogP contribution in [0, 0.1) is 17.7 Å². The molecular weight excluding hydrogens is 446 g/mol. The first kappa shape index (κ1) is 24.6. The molecule has 1 aliphatic rings. The van der Waals surface area contributed by atoms with Crippen LogP contribution in [0.2, 0.25) is 10.0 Å². The predicted molar refractivity (Wildman–Crippen MR) is 133 cm³/mol. The number of nitrogens with two attached hydrogens (primary N) is 1. The van der Waals surface area contributed by atoms with Crippen molar-refractivity contribution in [3.05, 3.63) is 69.6 Å². The highest BCUT2D eigenvalue weighted by Crippen LogP contribution is 2.37. The first-order valence-electron chi connectivity index (χ1n) is 11.2. The molecule has 2 unspecified atom stereocenters. The van der Waals surface area contributed by atoms with Crippen molar-refractivity contribution >= 4 is 34.6 Å². The van der Waals surface area contributed by atoms with Crippen LogP contribution in [-0.2, 0) is 0 Å². The van der Waals surface area contributed by atoms with Crippen LogP contribution < -0.4 is 10.5 Å². The third kappa shape index (κ3) is 6.26. The van der Waals surface area contributed by atoms with E-state index in [0.717, 1.165) is 17.6 Å². The summed E-state index contributed by atoms with van der Waals surface area (Å²) in [5.74, 6) is 1.35. The minimum Gasteiger partial charge on any atom is -0.482 e. The number of aromatic nitrogens is 1. The average molecular weight is 477 g/mol. The number of hydrogen-bond acceptors (Lipinski definition) is 3. The van der Waals surface area contributed by atoms with Gasteiger partial charge in [-0.2, -0.15) is 0 Å². The van der Waals surface area contributed by atoms with Gasteiger partial charge < -0.3 is 10.5 Å². The van der Waals surface area contributed by atoms with Gasteiger partial charge >= 0.3 is 0 Å². The van der Waals surface area contributed by atoms with Crippen LogP contribution in [0.4, 0.5) is 10.2 Å². The Bertz CT molecular complexity index is 1000. The van der Waals surface area contributed by atoms with Crippen molar-refractivity contribution in [1.82, 2.24) is 4.98 Å². The highest BCUT2D eigenvalue weighted by molar-refractivity contribution is 6.36. The van der Waals surface area contributed by atoms with Gasteiger partial charge in [0.1, 0.15) is 11.9 Å². The zero-order chi connectivity index (χ0) is 23.3. The van der Waals surface area contributed by atoms with Gasteiger partial charge in [0.05, 0.1) is 5.02 Å². The SMILES string of the molecule is CC(C)CCC1/C=C(c2cnc(N)c(OC(C)c3c(Cl)ccc(F)c3Cl)c2)\C=C/CCC1. The molecule has 1 heterocycles. The smallest absolute Gasteiger partial charge is 0.166 e. The zero-order valence-electron chi connectivity index (χ0n) is 18.9. The number of halogens is 3. The Balaban J connectivity index is 1.89. The summed E-state index contributed by atoms with van der Waals surface area (Å²) < 4.78 is 20.0. The first-order chi connectivity index (χ1) is 15.3. The maximum Gasteiger partial charge on any atom is 0.166 e. The maximum absolute atomic E-state index is 14.0. The van der Waals surface area contributed by atoms with Crippen LogP contribution >= 0.6 is 23.2 Å². The summed E-state index contributed by atoms with van der Waals surface area (Å²) >= 11 is 12.4. The fourth-order valence-electron chi connectivity index (χ4n) is 3.94. The number of ether oxygens (including phenoxy) is 1. The molecule has 6 heteroatoms. The fourth-order valence-corrected chi connectivity index (χ4v) is 4.62. The third-order valence-corrected chi connectivity index (χ3v) is 6.49. The van der Waals surface area contributed by atoms with E-state index >= 15 is 0 Å². The maximum atomic E-state index is 14.0. The molecule has 0 fully saturated rings. The van der Waals surface area contributed by atoms with Crippen molar-refractivity contribution in [1.29, 1.82) is 0 Å². The lowest BCUT2D eigenvalue weighted by molar-refractivity contribution is 0.227. The number of hydrogen-bond donors (Lipinski definition) is 1. The summed E-state index contributed by atoms with van der Waals surface area (Å²) in [7, 11) is 0. The number of allylic oxidation sites excluding steroid dienone is 4. The Morgan fingerprint density at radius 3 is 2.78 bits per heavy atom. The highest BCUT2D eigenvalue weighted by Gasteiger charge is 2.20. The molecule has 0 amide bonds. The van der Waals surface area contributed by atoms with Gasteiger partial charge in [0, 0.05) is 22.3 Å². The first-order valence-corrected chi connectivity index (χ1v) is 12.0. The lowest BCUT2D eigenvalue weighted by Crippen LogP contribution is -2.08. The molecule has 1 aliphatic carbocycles. The highest BCUT2D eigenvalue weighted by atomic mass is 35.5. The molecule has 1 aromatic heterocycles. The largest absolute Gasteiger partial charge is 0.482 e. The van der Waals surface area contributed by atoms with E-state index < -0.39 is 11.9 Å². The molecule has 0 radical (unpaired) electrons. The van der Waals surface area contributed by atoms with Gasteiger partial charge in [-0.25, -0.2) is 9.37 Å². The van der Waals surface area contributed by atoms with Crippen molar-refractivity contribution in [3.63, 3.8) is 0 Å². The van der Waals surface area contributed by atoms with Crippen molar-refractivity contribution in [2.24, 2.45) is 11.8 Å². The van der Waals surface area contributed by atoms with Crippen molar-refractivity contribution in [2.75, 3.05) is 5.73 Å². The molecule has 2 atom stereocenters. The second kappa shape index (κ2) is 11.2. The average Bonchev–Trinajstić information content (AvgIpc) is 2.72. The third-order valence-electron chi connectivity index (χ3n) is 5.78. The summed E-state index contributed by atoms with van der Waals surface area (Å²) in [6, 6.07) is 4.59. The van der Waals surface area contributed by atoms with E-state index in [2.05, 4.69) is 37.1 Å². The second-order valence-electron chi connectivity index (χ2n) is 8.81. The van der Waals surface area contributed by atoms with E-state index in [0.29, 0.717) is 28.2 Å². The lowest BCUT2D eigenvalue weighted by atomic mass is 9.88. The molecule has 0 bridgehead atoms. The fraction of sp³-hybridized carbons (Fsp3) is 0.423. The molecular formula is C26H31Cl2FN2O. The van der Waals surface area contributed by atoms with E-state index in [4.69, 9.17) is 33.7 Å². The Morgan fingerprint density at radius 2 is 2.03 bits per heavy atom. The van der Waals surface area contributed by atoms with E-state index in [1.54, 1.807) is 13.1 Å². The van der Waals surface area contributed by atoms with Gasteiger partial charge in [-0.15, -0.1) is 0 Å². The van der Waals surface area contributed by atoms with Crippen LogP contribution in [0.25, 0.3) is 5.57 Å². The number of rotatable bonds is 7. The topological polar surface area (TPSA) is 48.1 Å². The molecule has 1 aromatic carbocycles. The van der Waals surface area contributed by atoms with Gasteiger partial charge in [-0.05, 0) is 68.2 Å². The predicted octanol–water partition coefficient (Wildman–Crippen LogP) is 8.43. The molecule has 0 saturated heterocycles. The monoisotopic (exact) mass is 476 g/mol. The molecule has 2 aromatic rings. The minimum absolute atomic E-state index is 0.0497. The summed E-state index contributed by atoms with van der Waals surface area (Å²) in [6.45, 7) is 6.29. The van der Waals surface area contributed by atoms with Gasteiger partial charge in [-0.1, -0.05) is 61.7 Å². The Kier molecular flexibility index (Phi) is 8.61. The molecule has 172 valence electrons. The second-order valence-corrected chi connectivity index (χ2v) is 9.60. The van der Waals surface area contributed by atoms with Gasteiger partial charge in [-0.3, -0.25) is 0 Å².